The fourth-order valence-electron chi connectivity index (χ4n) is 2.41. The first-order chi connectivity index (χ1) is 9.16. The van der Waals surface area contributed by atoms with Crippen molar-refractivity contribution in [1.82, 2.24) is 15.5 Å². The van der Waals surface area contributed by atoms with Crippen LogP contribution in [0.15, 0.2) is 36.2 Å². The Labute approximate surface area is 111 Å². The minimum Gasteiger partial charge on any atom is -0.370 e. The highest BCUT2D eigenvalue weighted by Crippen LogP contribution is 2.23. The maximum atomic E-state index is 12.1. The van der Waals surface area contributed by atoms with E-state index in [-0.39, 0.29) is 18.0 Å². The number of nitrogens with zero attached hydrogens (tertiary/aromatic N) is 1. The summed E-state index contributed by atoms with van der Waals surface area (Å²) in [5.41, 5.74) is 2.03. The summed E-state index contributed by atoms with van der Waals surface area (Å²) in [6.07, 6.45) is 2.74. The Balaban J connectivity index is 1.71. The van der Waals surface area contributed by atoms with Gasteiger partial charge in [0.05, 0.1) is 17.3 Å². The summed E-state index contributed by atoms with van der Waals surface area (Å²) < 4.78 is 0. The first-order valence-corrected chi connectivity index (χ1v) is 6.33. The zero-order valence-corrected chi connectivity index (χ0v) is 10.6. The topological polar surface area (TPSA) is 61.4 Å². The van der Waals surface area contributed by atoms with Crippen molar-refractivity contribution in [2.75, 3.05) is 6.54 Å². The van der Waals surface area contributed by atoms with Crippen LogP contribution in [0.25, 0.3) is 0 Å². The molecule has 0 saturated carbocycles. The maximum absolute atomic E-state index is 12.1. The van der Waals surface area contributed by atoms with Gasteiger partial charge in [0.15, 0.2) is 0 Å². The summed E-state index contributed by atoms with van der Waals surface area (Å²) in [6.45, 7) is 2.41. The Bertz CT molecular complexity index is 545. The molecule has 98 valence electrons. The summed E-state index contributed by atoms with van der Waals surface area (Å²) >= 11 is 0. The molecule has 0 aromatic heterocycles. The summed E-state index contributed by atoms with van der Waals surface area (Å²) in [7, 11) is 0. The maximum Gasteiger partial charge on any atom is 0.261 e. The lowest BCUT2D eigenvalue weighted by Gasteiger charge is -2.14. The second-order valence-corrected chi connectivity index (χ2v) is 4.76. The van der Waals surface area contributed by atoms with Crippen LogP contribution in [0.2, 0.25) is 0 Å². The average molecular weight is 257 g/mol. The number of nitrogens with one attached hydrogen (secondary N) is 2. The van der Waals surface area contributed by atoms with Crippen molar-refractivity contribution in [3.05, 3.63) is 47.3 Å². The monoisotopic (exact) mass is 257 g/mol. The Morgan fingerprint density at radius 1 is 1.16 bits per heavy atom. The molecular formula is C14H15N3O2. The van der Waals surface area contributed by atoms with Crippen LogP contribution in [0.1, 0.15) is 34.1 Å². The Kier molecular flexibility index (Phi) is 2.74. The number of fused-ring (bicyclic) bond motifs is 1. The molecular weight excluding hydrogens is 242 g/mol. The third kappa shape index (κ3) is 1.97. The van der Waals surface area contributed by atoms with Crippen LogP contribution in [0, 0.1) is 0 Å². The molecule has 1 aromatic carbocycles. The van der Waals surface area contributed by atoms with Gasteiger partial charge < -0.3 is 10.6 Å². The number of hydrogen-bond donors (Lipinski definition) is 2. The number of imide groups is 1. The fourth-order valence-corrected chi connectivity index (χ4v) is 2.41. The van der Waals surface area contributed by atoms with Crippen LogP contribution >= 0.6 is 0 Å². The molecule has 0 fully saturated rings. The first kappa shape index (κ1) is 11.8. The van der Waals surface area contributed by atoms with Gasteiger partial charge in [-0.3, -0.25) is 14.5 Å². The highest BCUT2D eigenvalue weighted by Gasteiger charge is 2.34. The van der Waals surface area contributed by atoms with Crippen molar-refractivity contribution in [1.29, 1.82) is 0 Å². The Morgan fingerprint density at radius 2 is 1.79 bits per heavy atom. The molecule has 2 aliphatic rings. The molecule has 5 heteroatoms. The van der Waals surface area contributed by atoms with E-state index in [2.05, 4.69) is 10.6 Å². The third-order valence-electron chi connectivity index (χ3n) is 3.39. The van der Waals surface area contributed by atoms with E-state index in [1.807, 2.05) is 13.1 Å². The number of hydrogen-bond acceptors (Lipinski definition) is 4. The van der Waals surface area contributed by atoms with Crippen LogP contribution in [0.5, 0.6) is 0 Å². The van der Waals surface area contributed by atoms with E-state index in [4.69, 9.17) is 0 Å². The van der Waals surface area contributed by atoms with Gasteiger partial charge >= 0.3 is 0 Å². The molecule has 0 saturated heterocycles. The lowest BCUT2D eigenvalue weighted by molar-refractivity contribution is 0.0655. The Hall–Kier alpha value is -2.30. The average Bonchev–Trinajstić information content (AvgIpc) is 2.93. The Morgan fingerprint density at radius 3 is 2.32 bits per heavy atom. The van der Waals surface area contributed by atoms with E-state index in [1.165, 1.54) is 4.90 Å². The van der Waals surface area contributed by atoms with Crippen LogP contribution in [-0.4, -0.2) is 29.4 Å². The quantitative estimate of drug-likeness (QED) is 0.795. The largest absolute Gasteiger partial charge is 0.370 e. The molecule has 2 N–H and O–H groups in total. The molecule has 0 radical (unpaired) electrons. The fraction of sp³-hybridized carbons (Fsp3) is 0.286. The van der Waals surface area contributed by atoms with Crippen molar-refractivity contribution in [3.8, 4) is 0 Å². The van der Waals surface area contributed by atoms with E-state index in [1.54, 1.807) is 24.3 Å². The molecule has 19 heavy (non-hydrogen) atoms. The molecule has 2 heterocycles. The molecule has 3 rings (SSSR count). The lowest BCUT2D eigenvalue weighted by Crippen LogP contribution is -2.33. The minimum absolute atomic E-state index is 0.194. The second kappa shape index (κ2) is 4.42. The zero-order chi connectivity index (χ0) is 13.4. The van der Waals surface area contributed by atoms with E-state index in [9.17, 15) is 9.59 Å². The van der Waals surface area contributed by atoms with E-state index in [0.29, 0.717) is 24.1 Å². The van der Waals surface area contributed by atoms with Gasteiger partial charge in [0.25, 0.3) is 11.8 Å². The smallest absolute Gasteiger partial charge is 0.261 e. The number of amides is 2. The molecule has 0 aliphatic carbocycles. The SMILES string of the molecule is CC1NC=C(CCN2C(=O)c3ccccc3C2=O)N1. The van der Waals surface area contributed by atoms with E-state index < -0.39 is 0 Å². The lowest BCUT2D eigenvalue weighted by atomic mass is 10.1. The molecule has 1 atom stereocenters. The van der Waals surface area contributed by atoms with E-state index >= 15 is 0 Å². The van der Waals surface area contributed by atoms with Gasteiger partial charge in [-0.15, -0.1) is 0 Å². The molecule has 2 aliphatic heterocycles. The molecule has 5 nitrogen and oxygen atoms in total. The van der Waals surface area contributed by atoms with Gasteiger partial charge in [-0.05, 0) is 19.1 Å². The molecule has 0 bridgehead atoms. The highest BCUT2D eigenvalue weighted by molar-refractivity contribution is 6.21. The predicted molar refractivity (Wildman–Crippen MR) is 70.2 cm³/mol. The predicted octanol–water partition coefficient (Wildman–Crippen LogP) is 1.05. The van der Waals surface area contributed by atoms with Gasteiger partial charge in [0.1, 0.15) is 0 Å². The number of carbonyl (C=O) groups is 2. The van der Waals surface area contributed by atoms with Crippen LogP contribution < -0.4 is 10.6 Å². The molecule has 0 spiro atoms. The van der Waals surface area contributed by atoms with Gasteiger partial charge in [0, 0.05) is 24.9 Å². The first-order valence-electron chi connectivity index (χ1n) is 6.33. The zero-order valence-electron chi connectivity index (χ0n) is 10.6. The second-order valence-electron chi connectivity index (χ2n) is 4.76. The molecule has 1 aromatic rings. The normalized spacial score (nSPS) is 21.0. The summed E-state index contributed by atoms with van der Waals surface area (Å²) in [6, 6.07) is 6.96. The van der Waals surface area contributed by atoms with Crippen molar-refractivity contribution in [2.24, 2.45) is 0 Å². The molecule has 1 unspecified atom stereocenters. The van der Waals surface area contributed by atoms with Gasteiger partial charge in [-0.1, -0.05) is 12.1 Å². The summed E-state index contributed by atoms with van der Waals surface area (Å²) in [4.78, 5) is 25.6. The minimum atomic E-state index is -0.194. The highest BCUT2D eigenvalue weighted by atomic mass is 16.2. The van der Waals surface area contributed by atoms with Crippen molar-refractivity contribution >= 4 is 11.8 Å². The van der Waals surface area contributed by atoms with Crippen molar-refractivity contribution < 1.29 is 9.59 Å². The van der Waals surface area contributed by atoms with Crippen LogP contribution in [0.4, 0.5) is 0 Å². The van der Waals surface area contributed by atoms with Gasteiger partial charge in [0.2, 0.25) is 0 Å². The standard InChI is InChI=1S/C14H15N3O2/c1-9-15-8-10(16-9)6-7-17-13(18)11-4-2-3-5-12(11)14(17)19/h2-5,8-9,15-16H,6-7H2,1H3. The molecule has 2 amide bonds. The van der Waals surface area contributed by atoms with Crippen LogP contribution in [0.3, 0.4) is 0 Å². The van der Waals surface area contributed by atoms with Gasteiger partial charge in [-0.2, -0.15) is 0 Å². The van der Waals surface area contributed by atoms with Crippen molar-refractivity contribution in [3.63, 3.8) is 0 Å². The number of benzene rings is 1. The number of rotatable bonds is 3. The summed E-state index contributed by atoms with van der Waals surface area (Å²) in [5.74, 6) is -0.389. The van der Waals surface area contributed by atoms with Gasteiger partial charge in [-0.25, -0.2) is 0 Å². The van der Waals surface area contributed by atoms with E-state index in [0.717, 1.165) is 5.70 Å². The van der Waals surface area contributed by atoms with Crippen molar-refractivity contribution in [2.45, 2.75) is 19.5 Å². The third-order valence-corrected chi connectivity index (χ3v) is 3.39. The summed E-state index contributed by atoms with van der Waals surface area (Å²) in [5, 5.41) is 6.35. The van der Waals surface area contributed by atoms with Crippen LogP contribution in [-0.2, 0) is 0 Å². The number of carbonyl (C=O) groups excluding carboxylic acids is 2.